The summed E-state index contributed by atoms with van der Waals surface area (Å²) in [6.07, 6.45) is 7.42. The largest absolute Gasteiger partial charge is 0.481 e. The van der Waals surface area contributed by atoms with E-state index in [0.717, 1.165) is 25.7 Å². The number of rotatable bonds is 5. The number of aliphatic hydroxyl groups excluding tert-OH is 2. The molecule has 12 atom stereocenters. The van der Waals surface area contributed by atoms with Crippen LogP contribution in [0.4, 0.5) is 0 Å². The molecule has 0 bridgehead atoms. The van der Waals surface area contributed by atoms with Crippen LogP contribution in [0, 0.1) is 50.7 Å². The molecule has 0 heterocycles. The van der Waals surface area contributed by atoms with E-state index in [1.165, 1.54) is 12.5 Å². The standard InChI is InChI=1S/C32H50O6/c1-18(2)9-8-12-31(27(36)37)17-32(31)24-15-23(35)26-28(5)13-11-22(34)19(3)21(28)10-14-29(26,6)30(24,7)16-25(32)38-20(4)33/h9,19,21-26,34-35H,8,10-17H2,1-7H3,(H,36,37)/t19-,21-,22+,23?,24+,25-,26?,28-,29-,30-,31+,32+/m0/s1. The molecule has 5 saturated carbocycles. The molecule has 6 nitrogen and oxygen atoms in total. The molecule has 38 heavy (non-hydrogen) atoms. The number of carbonyl (C=O) groups excluding carboxylic acids is 1. The van der Waals surface area contributed by atoms with Gasteiger partial charge >= 0.3 is 11.9 Å². The molecule has 0 radical (unpaired) electrons. The number of aliphatic hydroxyl groups is 2. The fourth-order valence-corrected chi connectivity index (χ4v) is 11.6. The number of ether oxygens (including phenoxy) is 1. The highest BCUT2D eigenvalue weighted by atomic mass is 16.5. The Labute approximate surface area is 228 Å². The Morgan fingerprint density at radius 3 is 2.29 bits per heavy atom. The number of aliphatic carboxylic acids is 1. The van der Waals surface area contributed by atoms with Crippen LogP contribution in [-0.2, 0) is 14.3 Å². The van der Waals surface area contributed by atoms with Gasteiger partial charge in [-0.25, -0.2) is 0 Å². The molecule has 5 fully saturated rings. The summed E-state index contributed by atoms with van der Waals surface area (Å²) in [7, 11) is 0. The van der Waals surface area contributed by atoms with Crippen molar-refractivity contribution in [3.8, 4) is 0 Å². The predicted octanol–water partition coefficient (Wildman–Crippen LogP) is 5.75. The van der Waals surface area contributed by atoms with E-state index in [0.29, 0.717) is 38.0 Å². The lowest BCUT2D eigenvalue weighted by Gasteiger charge is -2.69. The molecule has 2 unspecified atom stereocenters. The first-order valence-corrected chi connectivity index (χ1v) is 15.0. The van der Waals surface area contributed by atoms with Crippen molar-refractivity contribution >= 4 is 11.9 Å². The Hall–Kier alpha value is -1.40. The van der Waals surface area contributed by atoms with Gasteiger partial charge in [0.25, 0.3) is 0 Å². The molecule has 5 rings (SSSR count). The van der Waals surface area contributed by atoms with Crippen molar-refractivity contribution in [1.82, 2.24) is 0 Å². The topological polar surface area (TPSA) is 104 Å². The first-order valence-electron chi connectivity index (χ1n) is 15.0. The summed E-state index contributed by atoms with van der Waals surface area (Å²) < 4.78 is 6.07. The van der Waals surface area contributed by atoms with Gasteiger partial charge in [-0.2, -0.15) is 0 Å². The summed E-state index contributed by atoms with van der Waals surface area (Å²) in [6.45, 7) is 14.7. The SMILES string of the molecule is CC(=O)O[C@H]1C[C@@]2(C)[C@@H](CC(O)C3[C@]2(C)CC[C@H]2[C@H](C)[C@H](O)CC[C@]32C)[C@]12C[C@]2(CCC=C(C)C)C(=O)O. The summed E-state index contributed by atoms with van der Waals surface area (Å²) in [5.41, 5.74) is -0.946. The van der Waals surface area contributed by atoms with Crippen LogP contribution in [0.15, 0.2) is 11.6 Å². The van der Waals surface area contributed by atoms with Gasteiger partial charge in [0.2, 0.25) is 0 Å². The molecule has 3 N–H and O–H groups in total. The Kier molecular flexibility index (Phi) is 6.52. The summed E-state index contributed by atoms with van der Waals surface area (Å²) in [5, 5.41) is 33.4. The van der Waals surface area contributed by atoms with Crippen LogP contribution in [0.2, 0.25) is 0 Å². The van der Waals surface area contributed by atoms with Gasteiger partial charge in [0.15, 0.2) is 0 Å². The van der Waals surface area contributed by atoms with E-state index in [9.17, 15) is 24.9 Å². The zero-order valence-electron chi connectivity index (χ0n) is 24.5. The first kappa shape index (κ1) is 28.1. The molecule has 1 spiro atoms. The lowest BCUT2D eigenvalue weighted by molar-refractivity contribution is -0.241. The van der Waals surface area contributed by atoms with Crippen molar-refractivity contribution in [1.29, 1.82) is 0 Å². The zero-order chi connectivity index (χ0) is 28.1. The summed E-state index contributed by atoms with van der Waals surface area (Å²) in [5.74, 6) is -0.514. The number of hydrogen-bond acceptors (Lipinski definition) is 5. The minimum atomic E-state index is -0.936. The van der Waals surface area contributed by atoms with Crippen molar-refractivity contribution in [2.24, 2.45) is 50.7 Å². The van der Waals surface area contributed by atoms with E-state index in [4.69, 9.17) is 4.74 Å². The number of esters is 1. The van der Waals surface area contributed by atoms with Crippen LogP contribution in [-0.4, -0.2) is 45.6 Å². The lowest BCUT2D eigenvalue weighted by Crippen LogP contribution is -2.66. The van der Waals surface area contributed by atoms with Gasteiger partial charge in [-0.05, 0) is 112 Å². The number of carboxylic acids is 1. The molecule has 214 valence electrons. The highest BCUT2D eigenvalue weighted by Gasteiger charge is 2.86. The smallest absolute Gasteiger partial charge is 0.310 e. The monoisotopic (exact) mass is 530 g/mol. The van der Waals surface area contributed by atoms with Gasteiger partial charge in [-0.3, -0.25) is 9.59 Å². The third-order valence-electron chi connectivity index (χ3n) is 13.4. The highest BCUT2D eigenvalue weighted by molar-refractivity contribution is 5.81. The Bertz CT molecular complexity index is 1030. The molecule has 0 aromatic carbocycles. The molecule has 0 aromatic heterocycles. The van der Waals surface area contributed by atoms with E-state index in [1.807, 2.05) is 13.8 Å². The number of carboxylic acid groups (broad SMARTS) is 1. The van der Waals surface area contributed by atoms with Crippen molar-refractivity contribution in [3.63, 3.8) is 0 Å². The highest BCUT2D eigenvalue weighted by Crippen LogP contribution is 2.85. The maximum atomic E-state index is 13.0. The Morgan fingerprint density at radius 2 is 1.68 bits per heavy atom. The second-order valence-corrected chi connectivity index (χ2v) is 15.0. The fourth-order valence-electron chi connectivity index (χ4n) is 11.6. The van der Waals surface area contributed by atoms with E-state index in [-0.39, 0.29) is 46.1 Å². The van der Waals surface area contributed by atoms with Crippen LogP contribution in [0.25, 0.3) is 0 Å². The normalized spacial score (nSPS) is 52.9. The van der Waals surface area contributed by atoms with Crippen molar-refractivity contribution in [2.75, 3.05) is 0 Å². The molecule has 5 aliphatic rings. The minimum absolute atomic E-state index is 0.0230. The summed E-state index contributed by atoms with van der Waals surface area (Å²) in [6, 6.07) is 0. The van der Waals surface area contributed by atoms with E-state index in [2.05, 4.69) is 33.8 Å². The molecule has 6 heteroatoms. The van der Waals surface area contributed by atoms with Gasteiger partial charge in [0.1, 0.15) is 6.10 Å². The van der Waals surface area contributed by atoms with Crippen LogP contribution < -0.4 is 0 Å². The molecule has 0 amide bonds. The van der Waals surface area contributed by atoms with Crippen LogP contribution in [0.5, 0.6) is 0 Å². The Morgan fingerprint density at radius 1 is 1.00 bits per heavy atom. The van der Waals surface area contributed by atoms with Crippen LogP contribution in [0.1, 0.15) is 106 Å². The van der Waals surface area contributed by atoms with Crippen molar-refractivity contribution < 1.29 is 29.6 Å². The van der Waals surface area contributed by atoms with Gasteiger partial charge in [-0.15, -0.1) is 0 Å². The number of fused-ring (bicyclic) bond motifs is 6. The van der Waals surface area contributed by atoms with Crippen molar-refractivity contribution in [3.05, 3.63) is 11.6 Å². The van der Waals surface area contributed by atoms with Gasteiger partial charge in [-0.1, -0.05) is 39.3 Å². The predicted molar refractivity (Wildman–Crippen MR) is 145 cm³/mol. The summed E-state index contributed by atoms with van der Waals surface area (Å²) >= 11 is 0. The number of hydrogen-bond donors (Lipinski definition) is 3. The van der Waals surface area contributed by atoms with Crippen LogP contribution in [0.3, 0.4) is 0 Å². The molecule has 0 aromatic rings. The van der Waals surface area contributed by atoms with Gasteiger partial charge < -0.3 is 20.1 Å². The van der Waals surface area contributed by atoms with Crippen molar-refractivity contribution in [2.45, 2.75) is 125 Å². The third kappa shape index (κ3) is 3.44. The average molecular weight is 531 g/mol. The molecule has 5 aliphatic carbocycles. The second kappa shape index (κ2) is 8.80. The number of allylic oxidation sites excluding steroid dienone is 2. The maximum Gasteiger partial charge on any atom is 0.310 e. The third-order valence-corrected chi connectivity index (χ3v) is 13.4. The van der Waals surface area contributed by atoms with E-state index < -0.39 is 29.0 Å². The average Bonchev–Trinajstić information content (AvgIpc) is 3.42. The van der Waals surface area contributed by atoms with E-state index in [1.54, 1.807) is 0 Å². The zero-order valence-corrected chi connectivity index (χ0v) is 24.5. The van der Waals surface area contributed by atoms with Gasteiger partial charge in [0, 0.05) is 12.3 Å². The fraction of sp³-hybridized carbons (Fsp3) is 0.875. The van der Waals surface area contributed by atoms with E-state index >= 15 is 0 Å². The Balaban J connectivity index is 1.59. The first-order chi connectivity index (χ1) is 17.6. The van der Waals surface area contributed by atoms with Crippen LogP contribution >= 0.6 is 0 Å². The maximum absolute atomic E-state index is 13.0. The lowest BCUT2D eigenvalue weighted by atomic mass is 9.36. The molecule has 0 aliphatic heterocycles. The van der Waals surface area contributed by atoms with Gasteiger partial charge in [0.05, 0.1) is 17.6 Å². The summed E-state index contributed by atoms with van der Waals surface area (Å²) in [4.78, 5) is 25.4. The second-order valence-electron chi connectivity index (χ2n) is 15.0. The quantitative estimate of drug-likeness (QED) is 0.309. The molecule has 0 saturated heterocycles. The minimum Gasteiger partial charge on any atom is -0.481 e. The molecular weight excluding hydrogens is 480 g/mol. The molecular formula is C32H50O6. The number of carbonyl (C=O) groups is 2.